The van der Waals surface area contributed by atoms with Gasteiger partial charge in [-0.2, -0.15) is 0 Å². The van der Waals surface area contributed by atoms with E-state index in [1.807, 2.05) is 6.92 Å². The van der Waals surface area contributed by atoms with E-state index in [9.17, 15) is 26.8 Å². The Hall–Kier alpha value is -2.72. The van der Waals surface area contributed by atoms with Gasteiger partial charge in [0.1, 0.15) is 6.04 Å². The summed E-state index contributed by atoms with van der Waals surface area (Å²) < 4.78 is 52.5. The van der Waals surface area contributed by atoms with Gasteiger partial charge in [-0.05, 0) is 49.6 Å². The quantitative estimate of drug-likeness (QED) is 0.377. The Bertz CT molecular complexity index is 1150. The van der Waals surface area contributed by atoms with Gasteiger partial charge in [-0.3, -0.25) is 13.9 Å². The van der Waals surface area contributed by atoms with E-state index in [1.54, 1.807) is 31.2 Å². The highest BCUT2D eigenvalue weighted by Gasteiger charge is 2.26. The SMILES string of the molecule is CCCCNC(=O)C(C)N(Cc1ccc(Cl)cc1)C(=O)CCCN(c1ccc(F)c(F)c1)S(C)(=O)=O. The lowest BCUT2D eigenvalue weighted by Gasteiger charge is -2.29. The molecular weight excluding hydrogens is 512 g/mol. The highest BCUT2D eigenvalue weighted by Crippen LogP contribution is 2.22. The molecule has 2 aromatic carbocycles. The number of rotatable bonds is 13. The fraction of sp³-hybridized carbons (Fsp3) is 0.440. The molecule has 0 fully saturated rings. The third-order valence-electron chi connectivity index (χ3n) is 5.61. The monoisotopic (exact) mass is 543 g/mol. The van der Waals surface area contributed by atoms with Crippen molar-refractivity contribution >= 4 is 39.1 Å². The summed E-state index contributed by atoms with van der Waals surface area (Å²) in [6.45, 7) is 4.18. The highest BCUT2D eigenvalue weighted by atomic mass is 35.5. The number of carbonyl (C=O) groups is 2. The van der Waals surface area contributed by atoms with Crippen LogP contribution in [0, 0.1) is 11.6 Å². The summed E-state index contributed by atoms with van der Waals surface area (Å²) in [6.07, 6.45) is 2.72. The lowest BCUT2D eigenvalue weighted by atomic mass is 10.1. The summed E-state index contributed by atoms with van der Waals surface area (Å²) in [5.74, 6) is -2.90. The number of sulfonamides is 1. The van der Waals surface area contributed by atoms with E-state index in [0.717, 1.165) is 47.2 Å². The fourth-order valence-electron chi connectivity index (χ4n) is 3.55. The van der Waals surface area contributed by atoms with Crippen molar-refractivity contribution < 1.29 is 26.8 Å². The summed E-state index contributed by atoms with van der Waals surface area (Å²) in [7, 11) is -3.82. The van der Waals surface area contributed by atoms with E-state index in [2.05, 4.69) is 5.32 Å². The highest BCUT2D eigenvalue weighted by molar-refractivity contribution is 7.92. The molecule has 7 nitrogen and oxygen atoms in total. The number of carbonyl (C=O) groups excluding carboxylic acids is 2. The standard InChI is InChI=1S/C25H32ClF2N3O4S/c1-4-5-14-29-25(33)18(2)30(17-19-8-10-20(26)11-9-19)24(32)7-6-15-31(36(3,34)35)21-12-13-22(27)23(28)16-21/h8-13,16,18H,4-7,14-15,17H2,1-3H3,(H,29,33). The zero-order chi connectivity index (χ0) is 26.9. The first-order valence-electron chi connectivity index (χ1n) is 11.7. The molecule has 2 amide bonds. The van der Waals surface area contributed by atoms with E-state index in [0.29, 0.717) is 11.6 Å². The predicted octanol–water partition coefficient (Wildman–Crippen LogP) is 4.50. The minimum absolute atomic E-state index is 0.0365. The molecule has 1 N–H and O–H groups in total. The maximum atomic E-state index is 13.7. The van der Waals surface area contributed by atoms with Crippen LogP contribution in [-0.4, -0.2) is 50.5 Å². The molecule has 2 aromatic rings. The first-order chi connectivity index (χ1) is 16.9. The van der Waals surface area contributed by atoms with Gasteiger partial charge < -0.3 is 10.2 Å². The first-order valence-corrected chi connectivity index (χ1v) is 13.9. The number of hydrogen-bond acceptors (Lipinski definition) is 4. The van der Waals surface area contributed by atoms with Crippen molar-refractivity contribution in [2.24, 2.45) is 0 Å². The van der Waals surface area contributed by atoms with Crippen molar-refractivity contribution in [1.82, 2.24) is 10.2 Å². The molecule has 0 aromatic heterocycles. The van der Waals surface area contributed by atoms with Crippen LogP contribution in [0.2, 0.25) is 5.02 Å². The van der Waals surface area contributed by atoms with E-state index in [-0.39, 0.29) is 43.4 Å². The Morgan fingerprint density at radius 3 is 2.31 bits per heavy atom. The zero-order valence-electron chi connectivity index (χ0n) is 20.6. The van der Waals surface area contributed by atoms with Gasteiger partial charge in [-0.25, -0.2) is 17.2 Å². The topological polar surface area (TPSA) is 86.8 Å². The molecule has 1 unspecified atom stereocenters. The van der Waals surface area contributed by atoms with E-state index >= 15 is 0 Å². The number of halogens is 3. The van der Waals surface area contributed by atoms with Crippen LogP contribution >= 0.6 is 11.6 Å². The Morgan fingerprint density at radius 2 is 1.72 bits per heavy atom. The molecule has 0 radical (unpaired) electrons. The van der Waals surface area contributed by atoms with Crippen molar-refractivity contribution in [3.05, 3.63) is 64.7 Å². The van der Waals surface area contributed by atoms with Crippen LogP contribution in [0.25, 0.3) is 0 Å². The van der Waals surface area contributed by atoms with Crippen molar-refractivity contribution in [2.75, 3.05) is 23.7 Å². The lowest BCUT2D eigenvalue weighted by Crippen LogP contribution is -2.47. The number of hydrogen-bond donors (Lipinski definition) is 1. The molecule has 1 atom stereocenters. The average molecular weight is 544 g/mol. The predicted molar refractivity (Wildman–Crippen MR) is 137 cm³/mol. The van der Waals surface area contributed by atoms with E-state index < -0.39 is 27.7 Å². The molecule has 2 rings (SSSR count). The first kappa shape index (κ1) is 29.5. The van der Waals surface area contributed by atoms with Crippen LogP contribution < -0.4 is 9.62 Å². The summed E-state index contributed by atoms with van der Waals surface area (Å²) in [4.78, 5) is 27.3. The van der Waals surface area contributed by atoms with Crippen LogP contribution in [0.3, 0.4) is 0 Å². The van der Waals surface area contributed by atoms with Gasteiger partial charge >= 0.3 is 0 Å². The smallest absolute Gasteiger partial charge is 0.242 e. The third-order valence-corrected chi connectivity index (χ3v) is 7.05. The Kier molecular flexibility index (Phi) is 11.1. The molecule has 198 valence electrons. The number of benzene rings is 2. The third kappa shape index (κ3) is 8.74. The molecule has 36 heavy (non-hydrogen) atoms. The van der Waals surface area contributed by atoms with Gasteiger partial charge in [0.05, 0.1) is 11.9 Å². The van der Waals surface area contributed by atoms with Crippen LogP contribution in [0.15, 0.2) is 42.5 Å². The molecule has 11 heteroatoms. The van der Waals surface area contributed by atoms with Gasteiger partial charge in [-0.1, -0.05) is 37.1 Å². The van der Waals surface area contributed by atoms with Crippen molar-refractivity contribution in [3.8, 4) is 0 Å². The van der Waals surface area contributed by atoms with Crippen LogP contribution in [0.1, 0.15) is 45.1 Å². The Balaban J connectivity index is 2.15. The summed E-state index contributed by atoms with van der Waals surface area (Å²) >= 11 is 5.96. The van der Waals surface area contributed by atoms with Crippen LogP contribution in [0.5, 0.6) is 0 Å². The second-order valence-electron chi connectivity index (χ2n) is 8.51. The van der Waals surface area contributed by atoms with Crippen LogP contribution in [-0.2, 0) is 26.2 Å². The van der Waals surface area contributed by atoms with E-state index in [1.165, 1.54) is 4.90 Å². The average Bonchev–Trinajstić information content (AvgIpc) is 2.82. The molecule has 0 bridgehead atoms. The molecule has 0 aliphatic rings. The van der Waals surface area contributed by atoms with Gasteiger partial charge in [0.25, 0.3) is 0 Å². The summed E-state index contributed by atoms with van der Waals surface area (Å²) in [5.41, 5.74) is 0.742. The largest absolute Gasteiger partial charge is 0.354 e. The number of nitrogens with zero attached hydrogens (tertiary/aromatic N) is 2. The maximum absolute atomic E-state index is 13.7. The van der Waals surface area contributed by atoms with Gasteiger partial charge in [-0.15, -0.1) is 0 Å². The molecule has 0 aliphatic heterocycles. The lowest BCUT2D eigenvalue weighted by molar-refractivity contribution is -0.140. The van der Waals surface area contributed by atoms with Gasteiger partial charge in [0.15, 0.2) is 11.6 Å². The summed E-state index contributed by atoms with van der Waals surface area (Å²) in [5, 5.41) is 3.37. The second kappa shape index (κ2) is 13.5. The minimum atomic E-state index is -3.82. The fourth-order valence-corrected chi connectivity index (χ4v) is 4.63. The summed E-state index contributed by atoms with van der Waals surface area (Å²) in [6, 6.07) is 8.96. The van der Waals surface area contributed by atoms with Gasteiger partial charge in [0, 0.05) is 37.1 Å². The normalized spacial score (nSPS) is 12.2. The van der Waals surface area contributed by atoms with E-state index in [4.69, 9.17) is 11.6 Å². The molecular formula is C25H32ClF2N3O4S. The van der Waals surface area contributed by atoms with Crippen molar-refractivity contribution in [2.45, 2.75) is 52.1 Å². The molecule has 0 spiro atoms. The molecule has 0 heterocycles. The van der Waals surface area contributed by atoms with Crippen molar-refractivity contribution in [1.29, 1.82) is 0 Å². The Morgan fingerprint density at radius 1 is 1.06 bits per heavy atom. The number of nitrogens with one attached hydrogen (secondary N) is 1. The number of anilines is 1. The van der Waals surface area contributed by atoms with Gasteiger partial charge in [0.2, 0.25) is 21.8 Å². The number of unbranched alkanes of at least 4 members (excludes halogenated alkanes) is 1. The second-order valence-corrected chi connectivity index (χ2v) is 10.8. The van der Waals surface area contributed by atoms with Crippen molar-refractivity contribution in [3.63, 3.8) is 0 Å². The number of amides is 2. The molecule has 0 saturated carbocycles. The Labute approximate surface area is 216 Å². The minimum Gasteiger partial charge on any atom is -0.354 e. The zero-order valence-corrected chi connectivity index (χ0v) is 22.2. The maximum Gasteiger partial charge on any atom is 0.242 e. The van der Waals surface area contributed by atoms with Crippen LogP contribution in [0.4, 0.5) is 14.5 Å². The molecule has 0 aliphatic carbocycles. The molecule has 0 saturated heterocycles.